The molecule has 7 nitrogen and oxygen atoms in total. The molecule has 2 aromatic carbocycles. The summed E-state index contributed by atoms with van der Waals surface area (Å²) in [5, 5.41) is 2.66. The van der Waals surface area contributed by atoms with E-state index >= 15 is 0 Å². The fraction of sp³-hybridized carbons (Fsp3) is 0.316. The number of carbonyl (C=O) groups excluding carboxylic acids is 1. The van der Waals surface area contributed by atoms with Crippen LogP contribution >= 0.6 is 0 Å². The van der Waals surface area contributed by atoms with Crippen molar-refractivity contribution in [2.75, 3.05) is 33.9 Å². The SMILES string of the molecule is COCCNC(=O)c1ccc(OC)c(S(=O)(=O)NCCc2ccccc2)c1. The fourth-order valence-electron chi connectivity index (χ4n) is 2.45. The maximum absolute atomic E-state index is 12.7. The second-order valence-corrected chi connectivity index (χ2v) is 7.48. The van der Waals surface area contributed by atoms with E-state index in [-0.39, 0.29) is 28.7 Å². The van der Waals surface area contributed by atoms with E-state index in [0.29, 0.717) is 19.6 Å². The molecule has 2 N–H and O–H groups in total. The molecule has 146 valence electrons. The lowest BCUT2D eigenvalue weighted by Gasteiger charge is -2.13. The molecule has 8 heteroatoms. The summed E-state index contributed by atoms with van der Waals surface area (Å²) in [7, 11) is -0.915. The number of ether oxygens (including phenoxy) is 2. The minimum atomic E-state index is -3.83. The third kappa shape index (κ3) is 6.06. The van der Waals surface area contributed by atoms with Crippen molar-refractivity contribution >= 4 is 15.9 Å². The van der Waals surface area contributed by atoms with Crippen molar-refractivity contribution in [3.05, 3.63) is 59.7 Å². The predicted octanol–water partition coefficient (Wildman–Crippen LogP) is 1.59. The van der Waals surface area contributed by atoms with E-state index in [1.807, 2.05) is 30.3 Å². The van der Waals surface area contributed by atoms with Gasteiger partial charge in [0.2, 0.25) is 10.0 Å². The van der Waals surface area contributed by atoms with E-state index in [0.717, 1.165) is 5.56 Å². The van der Waals surface area contributed by atoms with Gasteiger partial charge in [0, 0.05) is 25.8 Å². The van der Waals surface area contributed by atoms with Crippen LogP contribution in [0, 0.1) is 0 Å². The highest BCUT2D eigenvalue weighted by Gasteiger charge is 2.21. The Morgan fingerprint density at radius 2 is 1.78 bits per heavy atom. The van der Waals surface area contributed by atoms with Crippen molar-refractivity contribution < 1.29 is 22.7 Å². The average molecular weight is 392 g/mol. The molecule has 0 spiro atoms. The third-order valence-electron chi connectivity index (χ3n) is 3.86. The topological polar surface area (TPSA) is 93.7 Å². The van der Waals surface area contributed by atoms with Gasteiger partial charge in [0.25, 0.3) is 5.91 Å². The standard InChI is InChI=1S/C19H24N2O5S/c1-25-13-12-20-19(22)16-8-9-17(26-2)18(14-16)27(23,24)21-11-10-15-6-4-3-5-7-15/h3-9,14,21H,10-13H2,1-2H3,(H,20,22). The van der Waals surface area contributed by atoms with Crippen LogP contribution in [0.15, 0.2) is 53.4 Å². The molecule has 0 aromatic heterocycles. The highest BCUT2D eigenvalue weighted by atomic mass is 32.2. The first-order valence-electron chi connectivity index (χ1n) is 8.46. The van der Waals surface area contributed by atoms with Crippen molar-refractivity contribution in [1.82, 2.24) is 10.0 Å². The fourth-order valence-corrected chi connectivity index (χ4v) is 3.67. The van der Waals surface area contributed by atoms with E-state index in [2.05, 4.69) is 10.0 Å². The summed E-state index contributed by atoms with van der Waals surface area (Å²) < 4.78 is 38.0. The van der Waals surface area contributed by atoms with Gasteiger partial charge in [-0.05, 0) is 30.2 Å². The van der Waals surface area contributed by atoms with Gasteiger partial charge < -0.3 is 14.8 Å². The number of nitrogens with one attached hydrogen (secondary N) is 2. The zero-order valence-corrected chi connectivity index (χ0v) is 16.2. The van der Waals surface area contributed by atoms with Gasteiger partial charge >= 0.3 is 0 Å². The van der Waals surface area contributed by atoms with Crippen LogP contribution in [0.4, 0.5) is 0 Å². The van der Waals surface area contributed by atoms with Crippen LogP contribution in [0.5, 0.6) is 5.75 Å². The Morgan fingerprint density at radius 3 is 2.44 bits per heavy atom. The van der Waals surface area contributed by atoms with Crippen molar-refractivity contribution in [1.29, 1.82) is 0 Å². The third-order valence-corrected chi connectivity index (χ3v) is 5.34. The van der Waals surface area contributed by atoms with Crippen LogP contribution in [0.3, 0.4) is 0 Å². The highest BCUT2D eigenvalue weighted by Crippen LogP contribution is 2.24. The number of methoxy groups -OCH3 is 2. The molecule has 0 unspecified atom stereocenters. The number of benzene rings is 2. The van der Waals surface area contributed by atoms with Crippen LogP contribution < -0.4 is 14.8 Å². The lowest BCUT2D eigenvalue weighted by molar-refractivity contribution is 0.0937. The molecule has 0 fully saturated rings. The smallest absolute Gasteiger partial charge is 0.251 e. The lowest BCUT2D eigenvalue weighted by Crippen LogP contribution is -2.29. The van der Waals surface area contributed by atoms with E-state index in [1.54, 1.807) is 0 Å². The molecule has 0 atom stereocenters. The molecule has 0 saturated heterocycles. The Morgan fingerprint density at radius 1 is 1.04 bits per heavy atom. The van der Waals surface area contributed by atoms with Crippen molar-refractivity contribution in [3.8, 4) is 5.75 Å². The molecule has 2 rings (SSSR count). The first kappa shape index (κ1) is 20.9. The summed E-state index contributed by atoms with van der Waals surface area (Å²) >= 11 is 0. The van der Waals surface area contributed by atoms with E-state index in [9.17, 15) is 13.2 Å². The first-order valence-corrected chi connectivity index (χ1v) is 9.95. The van der Waals surface area contributed by atoms with Gasteiger partial charge in [-0.3, -0.25) is 4.79 Å². The Labute approximate surface area is 159 Å². The summed E-state index contributed by atoms with van der Waals surface area (Å²) in [5.74, 6) is -0.203. The Bertz CT molecular complexity index is 854. The van der Waals surface area contributed by atoms with E-state index in [4.69, 9.17) is 9.47 Å². The minimum absolute atomic E-state index is 0.0718. The van der Waals surface area contributed by atoms with Crippen LogP contribution in [-0.2, 0) is 21.2 Å². The highest BCUT2D eigenvalue weighted by molar-refractivity contribution is 7.89. The zero-order valence-electron chi connectivity index (χ0n) is 15.4. The number of carbonyl (C=O) groups is 1. The Kier molecular flexibility index (Phi) is 7.78. The first-order chi connectivity index (χ1) is 13.0. The summed E-state index contributed by atoms with van der Waals surface area (Å²) in [6, 6.07) is 13.9. The largest absolute Gasteiger partial charge is 0.495 e. The second-order valence-electron chi connectivity index (χ2n) is 5.75. The monoisotopic (exact) mass is 392 g/mol. The zero-order chi connectivity index (χ0) is 19.7. The summed E-state index contributed by atoms with van der Waals surface area (Å²) in [5.41, 5.74) is 1.26. The number of sulfonamides is 1. The lowest BCUT2D eigenvalue weighted by atomic mass is 10.2. The minimum Gasteiger partial charge on any atom is -0.495 e. The van der Waals surface area contributed by atoms with Gasteiger partial charge in [-0.2, -0.15) is 0 Å². The maximum Gasteiger partial charge on any atom is 0.251 e. The molecule has 1 amide bonds. The van der Waals surface area contributed by atoms with Crippen LogP contribution in [0.2, 0.25) is 0 Å². The number of rotatable bonds is 10. The molecule has 0 aliphatic rings. The second kappa shape index (κ2) is 10.1. The normalized spacial score (nSPS) is 11.2. The van der Waals surface area contributed by atoms with Crippen LogP contribution in [0.25, 0.3) is 0 Å². The van der Waals surface area contributed by atoms with Crippen LogP contribution in [0.1, 0.15) is 15.9 Å². The van der Waals surface area contributed by atoms with Gasteiger partial charge in [-0.15, -0.1) is 0 Å². The summed E-state index contributed by atoms with van der Waals surface area (Å²) in [6.45, 7) is 0.937. The Hall–Kier alpha value is -2.42. The molecule has 27 heavy (non-hydrogen) atoms. The maximum atomic E-state index is 12.7. The van der Waals surface area contributed by atoms with Gasteiger partial charge in [0.15, 0.2) is 0 Å². The van der Waals surface area contributed by atoms with E-state index in [1.165, 1.54) is 32.4 Å². The van der Waals surface area contributed by atoms with Gasteiger partial charge in [0.1, 0.15) is 10.6 Å². The van der Waals surface area contributed by atoms with Crippen LogP contribution in [-0.4, -0.2) is 48.2 Å². The number of amides is 1. The van der Waals surface area contributed by atoms with Gasteiger partial charge in [-0.25, -0.2) is 13.1 Å². The molecule has 0 bridgehead atoms. The Balaban J connectivity index is 2.13. The van der Waals surface area contributed by atoms with Crippen molar-refractivity contribution in [2.24, 2.45) is 0 Å². The molecule has 2 aromatic rings. The molecule has 0 aliphatic heterocycles. The van der Waals surface area contributed by atoms with Crippen molar-refractivity contribution in [2.45, 2.75) is 11.3 Å². The van der Waals surface area contributed by atoms with Gasteiger partial charge in [0.05, 0.1) is 13.7 Å². The van der Waals surface area contributed by atoms with E-state index < -0.39 is 10.0 Å². The quantitative estimate of drug-likeness (QED) is 0.599. The molecular weight excluding hydrogens is 368 g/mol. The number of hydrogen-bond donors (Lipinski definition) is 2. The van der Waals surface area contributed by atoms with Crippen molar-refractivity contribution in [3.63, 3.8) is 0 Å². The summed E-state index contributed by atoms with van der Waals surface area (Å²) in [6.07, 6.45) is 0.555. The molecule has 0 saturated carbocycles. The number of hydrogen-bond acceptors (Lipinski definition) is 5. The predicted molar refractivity (Wildman–Crippen MR) is 103 cm³/mol. The average Bonchev–Trinajstić information content (AvgIpc) is 2.68. The molecule has 0 radical (unpaired) electrons. The molecule has 0 aliphatic carbocycles. The van der Waals surface area contributed by atoms with Gasteiger partial charge in [-0.1, -0.05) is 30.3 Å². The molecule has 0 heterocycles. The molecular formula is C19H24N2O5S. The summed E-state index contributed by atoms with van der Waals surface area (Å²) in [4.78, 5) is 12.1.